The Hall–Kier alpha value is -2.11. The van der Waals surface area contributed by atoms with E-state index in [0.29, 0.717) is 18.4 Å². The van der Waals surface area contributed by atoms with Crippen LogP contribution < -0.4 is 10.6 Å². The molecule has 0 unspecified atom stereocenters. The zero-order chi connectivity index (χ0) is 13.3. The number of rotatable bonds is 3. The number of carbonyl (C=O) groups is 2. The molecule has 2 amide bonds. The zero-order valence-corrected chi connectivity index (χ0v) is 9.79. The number of halogens is 1. The van der Waals surface area contributed by atoms with Gasteiger partial charge in [0.1, 0.15) is 11.4 Å². The van der Waals surface area contributed by atoms with Crippen molar-refractivity contribution in [1.82, 2.24) is 5.32 Å². The molecule has 1 aliphatic carbocycles. The number of hydrogen-bond acceptors (Lipinski definition) is 2. The molecule has 96 valence electrons. The summed E-state index contributed by atoms with van der Waals surface area (Å²) in [6, 6.07) is 3.90. The van der Waals surface area contributed by atoms with E-state index in [9.17, 15) is 14.0 Å². The number of aliphatic carboxylic acids is 1. The van der Waals surface area contributed by atoms with E-state index in [4.69, 9.17) is 5.11 Å². The van der Waals surface area contributed by atoms with Crippen molar-refractivity contribution in [3.8, 4) is 0 Å². The predicted octanol–water partition coefficient (Wildman–Crippen LogP) is 1.87. The fourth-order valence-electron chi connectivity index (χ4n) is 1.63. The van der Waals surface area contributed by atoms with Crippen LogP contribution >= 0.6 is 0 Å². The van der Waals surface area contributed by atoms with Crippen molar-refractivity contribution in [2.75, 3.05) is 5.32 Å². The maximum atomic E-state index is 13.6. The van der Waals surface area contributed by atoms with Crippen molar-refractivity contribution in [2.45, 2.75) is 25.3 Å². The number of aryl methyl sites for hydroxylation is 1. The smallest absolute Gasteiger partial charge is 0.329 e. The third kappa shape index (κ3) is 2.27. The van der Waals surface area contributed by atoms with E-state index in [0.717, 1.165) is 0 Å². The number of hydrogen-bond donors (Lipinski definition) is 3. The molecule has 1 aliphatic rings. The minimum atomic E-state index is -1.18. The van der Waals surface area contributed by atoms with E-state index in [1.54, 1.807) is 19.1 Å². The molecule has 18 heavy (non-hydrogen) atoms. The van der Waals surface area contributed by atoms with Crippen molar-refractivity contribution in [1.29, 1.82) is 0 Å². The Morgan fingerprint density at radius 2 is 2.06 bits per heavy atom. The van der Waals surface area contributed by atoms with Crippen LogP contribution in [0.4, 0.5) is 14.9 Å². The minimum Gasteiger partial charge on any atom is -0.480 e. The molecule has 2 rings (SSSR count). The van der Waals surface area contributed by atoms with Gasteiger partial charge in [0, 0.05) is 0 Å². The minimum absolute atomic E-state index is 0.0358. The van der Waals surface area contributed by atoms with Gasteiger partial charge in [-0.2, -0.15) is 0 Å². The van der Waals surface area contributed by atoms with Crippen molar-refractivity contribution in [3.63, 3.8) is 0 Å². The van der Waals surface area contributed by atoms with Crippen LogP contribution in [0.1, 0.15) is 18.4 Å². The Kier molecular flexibility index (Phi) is 2.94. The first-order valence-corrected chi connectivity index (χ1v) is 5.52. The Labute approximate surface area is 103 Å². The molecule has 6 heteroatoms. The number of amides is 2. The van der Waals surface area contributed by atoms with Gasteiger partial charge in [-0.3, -0.25) is 0 Å². The number of anilines is 1. The SMILES string of the molecule is Cc1cccc(NC(=O)NC2(C(=O)O)CC2)c1F. The maximum Gasteiger partial charge on any atom is 0.329 e. The lowest BCUT2D eigenvalue weighted by atomic mass is 10.2. The summed E-state index contributed by atoms with van der Waals surface area (Å²) < 4.78 is 13.6. The summed E-state index contributed by atoms with van der Waals surface area (Å²) in [5, 5.41) is 13.6. The maximum absolute atomic E-state index is 13.6. The lowest BCUT2D eigenvalue weighted by Crippen LogP contribution is -2.45. The molecule has 0 radical (unpaired) electrons. The third-order valence-electron chi connectivity index (χ3n) is 2.95. The number of urea groups is 1. The zero-order valence-electron chi connectivity index (χ0n) is 9.79. The average Bonchev–Trinajstić information content (AvgIpc) is 3.06. The molecule has 1 aromatic rings. The highest BCUT2D eigenvalue weighted by molar-refractivity contribution is 5.95. The molecule has 5 nitrogen and oxygen atoms in total. The van der Waals surface area contributed by atoms with E-state index in [2.05, 4.69) is 10.6 Å². The first-order chi connectivity index (χ1) is 8.44. The van der Waals surface area contributed by atoms with Gasteiger partial charge in [0.2, 0.25) is 0 Å². The number of nitrogens with one attached hydrogen (secondary N) is 2. The number of carbonyl (C=O) groups excluding carboxylic acids is 1. The quantitative estimate of drug-likeness (QED) is 0.768. The van der Waals surface area contributed by atoms with Crippen LogP contribution in [0.5, 0.6) is 0 Å². The molecule has 0 saturated heterocycles. The highest BCUT2D eigenvalue weighted by Crippen LogP contribution is 2.35. The first kappa shape index (κ1) is 12.3. The second-order valence-corrected chi connectivity index (χ2v) is 4.40. The summed E-state index contributed by atoms with van der Waals surface area (Å²) in [4.78, 5) is 22.5. The monoisotopic (exact) mass is 252 g/mol. The molecule has 0 heterocycles. The van der Waals surface area contributed by atoms with Gasteiger partial charge in [0.25, 0.3) is 0 Å². The van der Waals surface area contributed by atoms with Crippen LogP contribution in [0, 0.1) is 12.7 Å². The lowest BCUT2D eigenvalue weighted by molar-refractivity contribution is -0.140. The van der Waals surface area contributed by atoms with Gasteiger partial charge in [-0.25, -0.2) is 14.0 Å². The molecule has 0 spiro atoms. The highest BCUT2D eigenvalue weighted by atomic mass is 19.1. The Balaban J connectivity index is 2.04. The summed E-state index contributed by atoms with van der Waals surface area (Å²) in [5.74, 6) is -1.59. The van der Waals surface area contributed by atoms with E-state index >= 15 is 0 Å². The van der Waals surface area contributed by atoms with Crippen molar-refractivity contribution in [2.24, 2.45) is 0 Å². The molecule has 3 N–H and O–H groups in total. The van der Waals surface area contributed by atoms with E-state index in [-0.39, 0.29) is 5.69 Å². The van der Waals surface area contributed by atoms with Gasteiger partial charge in [-0.1, -0.05) is 12.1 Å². The molecule has 1 fully saturated rings. The van der Waals surface area contributed by atoms with Crippen molar-refractivity contribution in [3.05, 3.63) is 29.6 Å². The molecule has 0 aromatic heterocycles. The predicted molar refractivity (Wildman–Crippen MR) is 62.9 cm³/mol. The fraction of sp³-hybridized carbons (Fsp3) is 0.333. The molecular weight excluding hydrogens is 239 g/mol. The second kappa shape index (κ2) is 4.29. The van der Waals surface area contributed by atoms with Gasteiger partial charge >= 0.3 is 12.0 Å². The standard InChI is InChI=1S/C12H13FN2O3/c1-7-3-2-4-8(9(7)13)14-11(18)15-12(5-6-12)10(16)17/h2-4H,5-6H2,1H3,(H,16,17)(H2,14,15,18). The Morgan fingerprint density at radius 3 is 2.61 bits per heavy atom. The van der Waals surface area contributed by atoms with E-state index < -0.39 is 23.4 Å². The molecule has 0 atom stereocenters. The lowest BCUT2D eigenvalue weighted by Gasteiger charge is -2.14. The van der Waals surface area contributed by atoms with Crippen LogP contribution in [0.3, 0.4) is 0 Å². The largest absolute Gasteiger partial charge is 0.480 e. The molecule has 0 bridgehead atoms. The number of benzene rings is 1. The van der Waals surface area contributed by atoms with E-state index in [1.807, 2.05) is 0 Å². The number of carboxylic acids is 1. The van der Waals surface area contributed by atoms with Crippen LogP contribution in [-0.2, 0) is 4.79 Å². The Morgan fingerprint density at radius 1 is 1.39 bits per heavy atom. The number of carboxylic acid groups (broad SMARTS) is 1. The van der Waals surface area contributed by atoms with Crippen molar-refractivity contribution >= 4 is 17.7 Å². The third-order valence-corrected chi connectivity index (χ3v) is 2.95. The van der Waals surface area contributed by atoms with Gasteiger partial charge in [-0.15, -0.1) is 0 Å². The average molecular weight is 252 g/mol. The summed E-state index contributed by atoms with van der Waals surface area (Å²) in [5.41, 5.74) is -0.731. The van der Waals surface area contributed by atoms with E-state index in [1.165, 1.54) is 6.07 Å². The van der Waals surface area contributed by atoms with Gasteiger partial charge in [0.05, 0.1) is 5.69 Å². The fourth-order valence-corrected chi connectivity index (χ4v) is 1.63. The molecule has 1 saturated carbocycles. The van der Waals surface area contributed by atoms with Gasteiger partial charge < -0.3 is 15.7 Å². The van der Waals surface area contributed by atoms with Crippen LogP contribution in [0.25, 0.3) is 0 Å². The summed E-state index contributed by atoms with van der Waals surface area (Å²) in [6.45, 7) is 1.58. The summed E-state index contributed by atoms with van der Waals surface area (Å²) in [6.07, 6.45) is 0.790. The highest BCUT2D eigenvalue weighted by Gasteiger charge is 2.51. The molecular formula is C12H13FN2O3. The normalized spacial score (nSPS) is 15.9. The van der Waals surface area contributed by atoms with Crippen molar-refractivity contribution < 1.29 is 19.1 Å². The Bertz CT molecular complexity index is 512. The first-order valence-electron chi connectivity index (χ1n) is 5.52. The second-order valence-electron chi connectivity index (χ2n) is 4.40. The van der Waals surface area contributed by atoms with Gasteiger partial charge in [0.15, 0.2) is 0 Å². The van der Waals surface area contributed by atoms with Crippen LogP contribution in [0.15, 0.2) is 18.2 Å². The van der Waals surface area contributed by atoms with Crippen LogP contribution in [0.2, 0.25) is 0 Å². The summed E-state index contributed by atoms with van der Waals surface area (Å²) >= 11 is 0. The molecule has 1 aromatic carbocycles. The molecule has 0 aliphatic heterocycles. The topological polar surface area (TPSA) is 78.4 Å². The van der Waals surface area contributed by atoms with Crippen LogP contribution in [-0.4, -0.2) is 22.6 Å². The summed E-state index contributed by atoms with van der Waals surface area (Å²) in [7, 11) is 0. The van der Waals surface area contributed by atoms with Gasteiger partial charge in [-0.05, 0) is 31.4 Å².